The molecule has 0 radical (unpaired) electrons. The molecule has 1 heterocycles. The molecular formula is C16H20Cl3N3O2. The van der Waals surface area contributed by atoms with Gasteiger partial charge in [-0.05, 0) is 31.2 Å². The van der Waals surface area contributed by atoms with Crippen LogP contribution in [0.15, 0.2) is 42.7 Å². The SMILES string of the molecule is CC(N)CC(=O)Nc1ccc(OCc2cccnc2)c(Cl)c1.Cl.Cl. The summed E-state index contributed by atoms with van der Waals surface area (Å²) in [6.45, 7) is 2.16. The second kappa shape index (κ2) is 11.1. The minimum atomic E-state index is -0.183. The number of amides is 1. The van der Waals surface area contributed by atoms with E-state index >= 15 is 0 Å². The van der Waals surface area contributed by atoms with Crippen LogP contribution in [-0.4, -0.2) is 16.9 Å². The highest BCUT2D eigenvalue weighted by Gasteiger charge is 2.08. The number of pyridine rings is 1. The third-order valence-electron chi connectivity index (χ3n) is 2.84. The molecule has 1 unspecified atom stereocenters. The first-order valence-electron chi connectivity index (χ1n) is 6.91. The molecule has 1 amide bonds. The molecule has 132 valence electrons. The number of halogens is 3. The van der Waals surface area contributed by atoms with Crippen molar-refractivity contribution >= 4 is 48.0 Å². The van der Waals surface area contributed by atoms with Crippen molar-refractivity contribution in [3.8, 4) is 5.75 Å². The first-order chi connectivity index (χ1) is 10.5. The summed E-state index contributed by atoms with van der Waals surface area (Å²) in [6.07, 6.45) is 3.70. The minimum absolute atomic E-state index is 0. The van der Waals surface area contributed by atoms with Gasteiger partial charge in [-0.1, -0.05) is 17.7 Å². The van der Waals surface area contributed by atoms with Gasteiger partial charge in [0.05, 0.1) is 5.02 Å². The van der Waals surface area contributed by atoms with Crippen molar-refractivity contribution in [3.63, 3.8) is 0 Å². The summed E-state index contributed by atoms with van der Waals surface area (Å²) >= 11 is 6.17. The largest absolute Gasteiger partial charge is 0.487 e. The average Bonchev–Trinajstić information content (AvgIpc) is 2.46. The van der Waals surface area contributed by atoms with Crippen molar-refractivity contribution in [2.24, 2.45) is 5.73 Å². The van der Waals surface area contributed by atoms with Gasteiger partial charge < -0.3 is 15.8 Å². The molecule has 24 heavy (non-hydrogen) atoms. The summed E-state index contributed by atoms with van der Waals surface area (Å²) in [5, 5.41) is 3.18. The van der Waals surface area contributed by atoms with Crippen LogP contribution in [0.5, 0.6) is 5.75 Å². The lowest BCUT2D eigenvalue weighted by Crippen LogP contribution is -2.23. The number of nitrogens with zero attached hydrogens (tertiary/aromatic N) is 1. The Balaban J connectivity index is 0.00000264. The Bertz CT molecular complexity index is 640. The van der Waals surface area contributed by atoms with E-state index in [1.807, 2.05) is 12.1 Å². The molecule has 0 aliphatic carbocycles. The lowest BCUT2D eigenvalue weighted by atomic mass is 10.2. The van der Waals surface area contributed by atoms with Crippen molar-refractivity contribution in [2.75, 3.05) is 5.32 Å². The number of hydrogen-bond acceptors (Lipinski definition) is 4. The van der Waals surface area contributed by atoms with Crippen LogP contribution in [0.25, 0.3) is 0 Å². The lowest BCUT2D eigenvalue weighted by molar-refractivity contribution is -0.116. The van der Waals surface area contributed by atoms with Gasteiger partial charge in [-0.3, -0.25) is 9.78 Å². The zero-order valence-corrected chi connectivity index (χ0v) is 15.5. The second-order valence-electron chi connectivity index (χ2n) is 5.02. The maximum atomic E-state index is 11.7. The fourth-order valence-corrected chi connectivity index (χ4v) is 2.08. The summed E-state index contributed by atoms with van der Waals surface area (Å²) in [4.78, 5) is 15.7. The van der Waals surface area contributed by atoms with Crippen LogP contribution >= 0.6 is 36.4 Å². The zero-order chi connectivity index (χ0) is 15.9. The van der Waals surface area contributed by atoms with Crippen LogP contribution in [-0.2, 0) is 11.4 Å². The predicted octanol–water partition coefficient (Wildman–Crippen LogP) is 3.83. The van der Waals surface area contributed by atoms with E-state index in [2.05, 4.69) is 10.3 Å². The molecule has 5 nitrogen and oxygen atoms in total. The third kappa shape index (κ3) is 7.36. The summed E-state index contributed by atoms with van der Waals surface area (Å²) in [5.74, 6) is 0.408. The number of anilines is 1. The van der Waals surface area contributed by atoms with E-state index in [1.165, 1.54) is 0 Å². The number of ether oxygens (including phenoxy) is 1. The molecule has 1 aromatic heterocycles. The summed E-state index contributed by atoms with van der Waals surface area (Å²) in [6, 6.07) is 8.70. The quantitative estimate of drug-likeness (QED) is 0.783. The Morgan fingerprint density at radius 1 is 1.38 bits per heavy atom. The molecule has 1 aromatic carbocycles. The van der Waals surface area contributed by atoms with Crippen LogP contribution in [0, 0.1) is 0 Å². The minimum Gasteiger partial charge on any atom is -0.487 e. The van der Waals surface area contributed by atoms with Crippen LogP contribution in [0.3, 0.4) is 0 Å². The smallest absolute Gasteiger partial charge is 0.225 e. The van der Waals surface area contributed by atoms with E-state index in [1.54, 1.807) is 37.5 Å². The number of carbonyl (C=O) groups is 1. The average molecular weight is 393 g/mol. The summed E-state index contributed by atoms with van der Waals surface area (Å²) in [5.41, 5.74) is 7.15. The Labute approximate surface area is 158 Å². The van der Waals surface area contributed by atoms with Crippen molar-refractivity contribution in [1.82, 2.24) is 4.98 Å². The number of rotatable bonds is 6. The monoisotopic (exact) mass is 391 g/mol. The number of benzene rings is 1. The Hall–Kier alpha value is -1.53. The third-order valence-corrected chi connectivity index (χ3v) is 3.14. The van der Waals surface area contributed by atoms with E-state index in [9.17, 15) is 4.79 Å². The molecule has 0 saturated carbocycles. The molecule has 1 atom stereocenters. The maximum absolute atomic E-state index is 11.7. The zero-order valence-electron chi connectivity index (χ0n) is 13.1. The van der Waals surface area contributed by atoms with E-state index in [4.69, 9.17) is 22.1 Å². The fourth-order valence-electron chi connectivity index (χ4n) is 1.84. The number of nitrogens with two attached hydrogens (primary N) is 1. The van der Waals surface area contributed by atoms with Crippen molar-refractivity contribution in [1.29, 1.82) is 0 Å². The first kappa shape index (κ1) is 22.5. The van der Waals surface area contributed by atoms with Gasteiger partial charge >= 0.3 is 0 Å². The first-order valence-corrected chi connectivity index (χ1v) is 7.29. The highest BCUT2D eigenvalue weighted by Crippen LogP contribution is 2.28. The predicted molar refractivity (Wildman–Crippen MR) is 101 cm³/mol. The van der Waals surface area contributed by atoms with Crippen LogP contribution in [0.1, 0.15) is 18.9 Å². The molecule has 8 heteroatoms. The van der Waals surface area contributed by atoms with Crippen LogP contribution in [0.4, 0.5) is 5.69 Å². The normalized spacial score (nSPS) is 10.8. The van der Waals surface area contributed by atoms with E-state index in [0.29, 0.717) is 23.1 Å². The molecule has 0 spiro atoms. The van der Waals surface area contributed by atoms with Gasteiger partial charge in [0.2, 0.25) is 5.91 Å². The van der Waals surface area contributed by atoms with E-state index in [0.717, 1.165) is 5.56 Å². The number of carbonyl (C=O) groups excluding carboxylic acids is 1. The van der Waals surface area contributed by atoms with Gasteiger partial charge in [-0.2, -0.15) is 0 Å². The highest BCUT2D eigenvalue weighted by molar-refractivity contribution is 6.32. The number of aromatic nitrogens is 1. The van der Waals surface area contributed by atoms with Crippen LogP contribution in [0.2, 0.25) is 5.02 Å². The number of hydrogen-bond donors (Lipinski definition) is 2. The Morgan fingerprint density at radius 3 is 2.71 bits per heavy atom. The van der Waals surface area contributed by atoms with Gasteiger partial charge in [-0.25, -0.2) is 0 Å². The molecular weight excluding hydrogens is 373 g/mol. The van der Waals surface area contributed by atoms with Gasteiger partial charge in [-0.15, -0.1) is 24.8 Å². The Kier molecular flexibility index (Phi) is 10.4. The number of nitrogens with one attached hydrogen (secondary N) is 1. The summed E-state index contributed by atoms with van der Waals surface area (Å²) < 4.78 is 5.64. The standard InChI is InChI=1S/C16H18ClN3O2.2ClH/c1-11(18)7-16(21)20-13-4-5-15(14(17)8-13)22-10-12-3-2-6-19-9-12;;/h2-6,8-9,11H,7,10,18H2,1H3,(H,20,21);2*1H. The molecule has 3 N–H and O–H groups in total. The van der Waals surface area contributed by atoms with Crippen molar-refractivity contribution < 1.29 is 9.53 Å². The van der Waals surface area contributed by atoms with Crippen molar-refractivity contribution in [3.05, 3.63) is 53.3 Å². The Morgan fingerprint density at radius 2 is 2.12 bits per heavy atom. The highest BCUT2D eigenvalue weighted by atomic mass is 35.5. The maximum Gasteiger partial charge on any atom is 0.225 e. The molecule has 0 bridgehead atoms. The fraction of sp³-hybridized carbons (Fsp3) is 0.250. The van der Waals surface area contributed by atoms with Crippen molar-refractivity contribution in [2.45, 2.75) is 26.0 Å². The molecule has 0 fully saturated rings. The molecule has 0 aliphatic heterocycles. The molecule has 2 aromatic rings. The molecule has 0 aliphatic rings. The second-order valence-corrected chi connectivity index (χ2v) is 5.43. The van der Waals surface area contributed by atoms with Gasteiger partial charge in [0, 0.05) is 36.1 Å². The summed E-state index contributed by atoms with van der Waals surface area (Å²) in [7, 11) is 0. The topological polar surface area (TPSA) is 77.2 Å². The van der Waals surface area contributed by atoms with Gasteiger partial charge in [0.15, 0.2) is 0 Å². The molecule has 0 saturated heterocycles. The van der Waals surface area contributed by atoms with E-state index < -0.39 is 0 Å². The van der Waals surface area contributed by atoms with Crippen LogP contribution < -0.4 is 15.8 Å². The molecule has 2 rings (SSSR count). The lowest BCUT2D eigenvalue weighted by Gasteiger charge is -2.11. The van der Waals surface area contributed by atoms with E-state index in [-0.39, 0.29) is 43.2 Å². The van der Waals surface area contributed by atoms with Gasteiger partial charge in [0.1, 0.15) is 12.4 Å². The van der Waals surface area contributed by atoms with Gasteiger partial charge in [0.25, 0.3) is 0 Å².